The fraction of sp³-hybridized carbons (Fsp3) is 0.462. The summed E-state index contributed by atoms with van der Waals surface area (Å²) in [5.41, 5.74) is 1.68. The van der Waals surface area contributed by atoms with Gasteiger partial charge in [0.15, 0.2) is 5.58 Å². The van der Waals surface area contributed by atoms with Crippen molar-refractivity contribution < 1.29 is 9.15 Å². The minimum atomic E-state index is 0.171. The van der Waals surface area contributed by atoms with Crippen molar-refractivity contribution in [2.45, 2.75) is 12.1 Å². The number of hydrogen-bond acceptors (Lipinski definition) is 5. The number of likely N-dealkylation sites (tertiary alicyclic amines) is 1. The smallest absolute Gasteiger partial charge is 0.296 e. The van der Waals surface area contributed by atoms with E-state index >= 15 is 0 Å². The van der Waals surface area contributed by atoms with Crippen molar-refractivity contribution in [3.05, 3.63) is 24.3 Å². The summed E-state index contributed by atoms with van der Waals surface area (Å²) in [6.07, 6.45) is 0.171. The van der Waals surface area contributed by atoms with Crippen molar-refractivity contribution in [1.29, 1.82) is 0 Å². The van der Waals surface area contributed by atoms with Crippen LogP contribution in [0.25, 0.3) is 11.1 Å². The van der Waals surface area contributed by atoms with Crippen LogP contribution in [0.5, 0.6) is 0 Å². The highest BCUT2D eigenvalue weighted by molar-refractivity contribution is 5.74. The Labute approximate surface area is 106 Å². The molecule has 1 fully saturated rings. The van der Waals surface area contributed by atoms with Gasteiger partial charge in [-0.05, 0) is 19.2 Å². The lowest BCUT2D eigenvalue weighted by Crippen LogP contribution is -2.33. The fourth-order valence-corrected chi connectivity index (χ4v) is 2.43. The van der Waals surface area contributed by atoms with Gasteiger partial charge in [-0.2, -0.15) is 4.98 Å². The first-order chi connectivity index (χ1) is 8.76. The number of aromatic nitrogens is 1. The van der Waals surface area contributed by atoms with Gasteiger partial charge in [0.2, 0.25) is 0 Å². The Balaban J connectivity index is 1.79. The zero-order valence-electron chi connectivity index (χ0n) is 10.6. The molecule has 0 radical (unpaired) electrons. The van der Waals surface area contributed by atoms with Crippen LogP contribution in [-0.4, -0.2) is 49.3 Å². The second-order valence-corrected chi connectivity index (χ2v) is 4.73. The van der Waals surface area contributed by atoms with Crippen LogP contribution >= 0.6 is 0 Å². The topological polar surface area (TPSA) is 50.5 Å². The maximum absolute atomic E-state index is 5.66. The number of rotatable bonds is 3. The molecule has 5 heteroatoms. The van der Waals surface area contributed by atoms with E-state index in [0.717, 1.165) is 24.2 Å². The normalized spacial score (nSPS) is 24.8. The predicted octanol–water partition coefficient (Wildman–Crippen LogP) is 1.57. The summed E-state index contributed by atoms with van der Waals surface area (Å²) in [7, 11) is 3.82. The quantitative estimate of drug-likeness (QED) is 0.892. The number of oxazole rings is 1. The number of nitrogens with zero attached hydrogens (tertiary/aromatic N) is 2. The van der Waals surface area contributed by atoms with Gasteiger partial charge in [0.05, 0.1) is 12.1 Å². The first-order valence-corrected chi connectivity index (χ1v) is 6.09. The van der Waals surface area contributed by atoms with Crippen molar-refractivity contribution in [3.8, 4) is 0 Å². The molecular weight excluding hydrogens is 230 g/mol. The monoisotopic (exact) mass is 247 g/mol. The average Bonchev–Trinajstić information content (AvgIpc) is 2.92. The fourth-order valence-electron chi connectivity index (χ4n) is 2.43. The molecule has 1 aromatic carbocycles. The molecule has 1 aliphatic rings. The third kappa shape index (κ3) is 2.07. The van der Waals surface area contributed by atoms with Crippen LogP contribution in [0.15, 0.2) is 28.7 Å². The van der Waals surface area contributed by atoms with E-state index in [1.807, 2.05) is 24.3 Å². The molecule has 0 spiro atoms. The molecule has 0 unspecified atom stereocenters. The van der Waals surface area contributed by atoms with Gasteiger partial charge >= 0.3 is 0 Å². The summed E-state index contributed by atoms with van der Waals surface area (Å²) in [5, 5.41) is 3.32. The Morgan fingerprint density at radius 2 is 2.22 bits per heavy atom. The number of ether oxygens (including phenoxy) is 1. The lowest BCUT2D eigenvalue weighted by Gasteiger charge is -2.16. The largest absolute Gasteiger partial charge is 0.424 e. The molecule has 18 heavy (non-hydrogen) atoms. The van der Waals surface area contributed by atoms with Crippen molar-refractivity contribution >= 4 is 17.1 Å². The summed E-state index contributed by atoms with van der Waals surface area (Å²) >= 11 is 0. The molecule has 0 saturated carbocycles. The Morgan fingerprint density at radius 3 is 3.00 bits per heavy atom. The van der Waals surface area contributed by atoms with Crippen molar-refractivity contribution in [2.75, 3.05) is 32.6 Å². The van der Waals surface area contributed by atoms with Crippen LogP contribution in [0.3, 0.4) is 0 Å². The van der Waals surface area contributed by atoms with E-state index in [4.69, 9.17) is 9.15 Å². The molecule has 0 amide bonds. The number of methoxy groups -OCH3 is 1. The molecule has 2 aromatic rings. The van der Waals surface area contributed by atoms with E-state index in [-0.39, 0.29) is 12.1 Å². The summed E-state index contributed by atoms with van der Waals surface area (Å²) in [4.78, 5) is 6.65. The van der Waals surface area contributed by atoms with Crippen LogP contribution in [0, 0.1) is 0 Å². The maximum Gasteiger partial charge on any atom is 0.296 e. The Kier molecular flexibility index (Phi) is 2.93. The summed E-state index contributed by atoms with van der Waals surface area (Å²) in [6.45, 7) is 1.85. The minimum Gasteiger partial charge on any atom is -0.424 e. The van der Waals surface area contributed by atoms with Gasteiger partial charge in [-0.1, -0.05) is 12.1 Å². The molecule has 3 rings (SSSR count). The summed E-state index contributed by atoms with van der Waals surface area (Å²) in [6, 6.07) is 8.54. The van der Waals surface area contributed by atoms with E-state index in [1.54, 1.807) is 7.11 Å². The Morgan fingerprint density at radius 1 is 1.39 bits per heavy atom. The lowest BCUT2D eigenvalue weighted by molar-refractivity contribution is 0.104. The highest BCUT2D eigenvalue weighted by atomic mass is 16.5. The molecule has 0 aliphatic carbocycles. The maximum atomic E-state index is 5.66. The van der Waals surface area contributed by atoms with Gasteiger partial charge in [0, 0.05) is 20.2 Å². The summed E-state index contributed by atoms with van der Waals surface area (Å²) in [5.74, 6) is 0. The SMILES string of the molecule is CO[C@H]1CN(C)C[C@@H]1Nc1nc2ccccc2o1. The average molecular weight is 247 g/mol. The number of nitrogens with one attached hydrogen (secondary N) is 1. The minimum absolute atomic E-state index is 0.171. The van der Waals surface area contributed by atoms with Gasteiger partial charge < -0.3 is 19.4 Å². The van der Waals surface area contributed by atoms with Crippen LogP contribution in [0.2, 0.25) is 0 Å². The molecule has 1 N–H and O–H groups in total. The molecule has 1 aromatic heterocycles. The highest BCUT2D eigenvalue weighted by Gasteiger charge is 2.31. The number of likely N-dealkylation sites (N-methyl/N-ethyl adjacent to an activating group) is 1. The summed E-state index contributed by atoms with van der Waals surface area (Å²) < 4.78 is 11.1. The van der Waals surface area contributed by atoms with E-state index in [2.05, 4.69) is 22.2 Å². The first-order valence-electron chi connectivity index (χ1n) is 6.09. The van der Waals surface area contributed by atoms with Crippen LogP contribution in [-0.2, 0) is 4.74 Å². The Hall–Kier alpha value is -1.59. The molecule has 5 nitrogen and oxygen atoms in total. The van der Waals surface area contributed by atoms with E-state index in [1.165, 1.54) is 0 Å². The van der Waals surface area contributed by atoms with Crippen LogP contribution in [0.4, 0.5) is 6.01 Å². The molecule has 96 valence electrons. The second-order valence-electron chi connectivity index (χ2n) is 4.73. The standard InChI is InChI=1S/C13H17N3O2/c1-16-7-10(12(8-16)17-2)15-13-14-9-5-3-4-6-11(9)18-13/h3-6,10,12H,7-8H2,1-2H3,(H,14,15)/t10-,12-/m0/s1. The molecule has 2 heterocycles. The number of para-hydroxylation sites is 2. The molecule has 1 aliphatic heterocycles. The van der Waals surface area contributed by atoms with E-state index in [0.29, 0.717) is 6.01 Å². The third-order valence-corrected chi connectivity index (χ3v) is 3.35. The number of benzene rings is 1. The second kappa shape index (κ2) is 4.59. The van der Waals surface area contributed by atoms with Crippen LogP contribution < -0.4 is 5.32 Å². The lowest BCUT2D eigenvalue weighted by atomic mass is 10.2. The third-order valence-electron chi connectivity index (χ3n) is 3.35. The van der Waals surface area contributed by atoms with Crippen molar-refractivity contribution in [1.82, 2.24) is 9.88 Å². The van der Waals surface area contributed by atoms with Crippen molar-refractivity contribution in [2.24, 2.45) is 0 Å². The zero-order chi connectivity index (χ0) is 12.5. The van der Waals surface area contributed by atoms with Gasteiger partial charge in [-0.15, -0.1) is 0 Å². The number of anilines is 1. The van der Waals surface area contributed by atoms with E-state index < -0.39 is 0 Å². The Bertz CT molecular complexity index is 507. The zero-order valence-corrected chi connectivity index (χ0v) is 10.6. The number of hydrogen-bond donors (Lipinski definition) is 1. The first kappa shape index (κ1) is 11.5. The van der Waals surface area contributed by atoms with Gasteiger partial charge in [0.25, 0.3) is 6.01 Å². The van der Waals surface area contributed by atoms with Crippen LogP contribution in [0.1, 0.15) is 0 Å². The molecular formula is C13H17N3O2. The number of fused-ring (bicyclic) bond motifs is 1. The van der Waals surface area contributed by atoms with Crippen molar-refractivity contribution in [3.63, 3.8) is 0 Å². The predicted molar refractivity (Wildman–Crippen MR) is 69.7 cm³/mol. The molecule has 2 atom stereocenters. The molecule has 0 bridgehead atoms. The van der Waals surface area contributed by atoms with Gasteiger partial charge in [0.1, 0.15) is 5.52 Å². The highest BCUT2D eigenvalue weighted by Crippen LogP contribution is 2.21. The van der Waals surface area contributed by atoms with Gasteiger partial charge in [-0.25, -0.2) is 0 Å². The van der Waals surface area contributed by atoms with E-state index in [9.17, 15) is 0 Å². The van der Waals surface area contributed by atoms with Gasteiger partial charge in [-0.3, -0.25) is 0 Å². The molecule has 1 saturated heterocycles.